The lowest BCUT2D eigenvalue weighted by Crippen LogP contribution is -2.30. The number of piperidine rings is 1. The largest absolute Gasteiger partial charge is 0.476 e. The Bertz CT molecular complexity index is 696. The van der Waals surface area contributed by atoms with Crippen molar-refractivity contribution < 1.29 is 9.90 Å². The molecular weight excluding hydrogens is 270 g/mol. The van der Waals surface area contributed by atoms with E-state index in [-0.39, 0.29) is 11.7 Å². The smallest absolute Gasteiger partial charge is 0.356 e. The Morgan fingerprint density at radius 2 is 2.14 bits per heavy atom. The van der Waals surface area contributed by atoms with E-state index in [2.05, 4.69) is 20.6 Å². The van der Waals surface area contributed by atoms with Crippen LogP contribution in [0.1, 0.15) is 40.6 Å². The Kier molecular flexibility index (Phi) is 2.81. The van der Waals surface area contributed by atoms with Crippen molar-refractivity contribution in [3.05, 3.63) is 23.1 Å². The highest BCUT2D eigenvalue weighted by Crippen LogP contribution is 2.37. The number of carboxylic acids is 1. The van der Waals surface area contributed by atoms with E-state index in [1.165, 1.54) is 0 Å². The van der Waals surface area contributed by atoms with Crippen molar-refractivity contribution in [2.24, 2.45) is 0 Å². The summed E-state index contributed by atoms with van der Waals surface area (Å²) in [5.74, 6) is -0.939. The van der Waals surface area contributed by atoms with Gasteiger partial charge in [0.05, 0.1) is 17.9 Å². The normalized spacial score (nSPS) is 18.3. The molecule has 110 valence electrons. The lowest BCUT2D eigenvalue weighted by Gasteiger charge is -2.25. The SMILES string of the molecule is O=C(O)c1nn(C2CCNCC2)c2c1CCc1[nH]ncc1-2. The molecule has 0 saturated carbocycles. The zero-order valence-electron chi connectivity index (χ0n) is 11.6. The fraction of sp³-hybridized carbons (Fsp3) is 0.500. The molecule has 0 radical (unpaired) electrons. The van der Waals surface area contributed by atoms with Crippen LogP contribution in [0.15, 0.2) is 6.20 Å². The minimum Gasteiger partial charge on any atom is -0.476 e. The average Bonchev–Trinajstić information content (AvgIpc) is 3.11. The third kappa shape index (κ3) is 1.88. The summed E-state index contributed by atoms with van der Waals surface area (Å²) in [5.41, 5.74) is 4.10. The second-order valence-corrected chi connectivity index (χ2v) is 5.67. The van der Waals surface area contributed by atoms with Crippen LogP contribution >= 0.6 is 0 Å². The number of H-pyrrole nitrogens is 1. The molecular formula is C14H17N5O2. The number of fused-ring (bicyclic) bond motifs is 3. The first kappa shape index (κ1) is 12.6. The Morgan fingerprint density at radius 1 is 1.33 bits per heavy atom. The number of carbonyl (C=O) groups is 1. The van der Waals surface area contributed by atoms with Gasteiger partial charge in [0, 0.05) is 16.8 Å². The van der Waals surface area contributed by atoms with Gasteiger partial charge in [0.2, 0.25) is 0 Å². The number of aromatic nitrogens is 4. The molecule has 1 aliphatic heterocycles. The minimum atomic E-state index is -0.939. The van der Waals surface area contributed by atoms with Crippen LogP contribution in [0.2, 0.25) is 0 Å². The van der Waals surface area contributed by atoms with Gasteiger partial charge in [0.1, 0.15) is 0 Å². The molecule has 1 aliphatic carbocycles. The van der Waals surface area contributed by atoms with Crippen molar-refractivity contribution in [3.8, 4) is 11.3 Å². The molecule has 4 rings (SSSR count). The molecule has 0 spiro atoms. The number of rotatable bonds is 2. The Labute approximate surface area is 121 Å². The van der Waals surface area contributed by atoms with Crippen LogP contribution in [-0.4, -0.2) is 44.1 Å². The summed E-state index contributed by atoms with van der Waals surface area (Å²) in [6.07, 6.45) is 5.23. The van der Waals surface area contributed by atoms with Crippen molar-refractivity contribution in [2.75, 3.05) is 13.1 Å². The lowest BCUT2D eigenvalue weighted by molar-refractivity contribution is 0.0687. The van der Waals surface area contributed by atoms with E-state index in [4.69, 9.17) is 0 Å². The molecule has 3 N–H and O–H groups in total. The van der Waals surface area contributed by atoms with Gasteiger partial charge in [-0.3, -0.25) is 9.78 Å². The molecule has 0 amide bonds. The number of aryl methyl sites for hydroxylation is 1. The summed E-state index contributed by atoms with van der Waals surface area (Å²) in [6, 6.07) is 0.258. The summed E-state index contributed by atoms with van der Waals surface area (Å²) in [6.45, 7) is 1.89. The Morgan fingerprint density at radius 3 is 2.90 bits per heavy atom. The van der Waals surface area contributed by atoms with Gasteiger partial charge in [0.15, 0.2) is 5.69 Å². The summed E-state index contributed by atoms with van der Waals surface area (Å²) < 4.78 is 1.94. The van der Waals surface area contributed by atoms with E-state index >= 15 is 0 Å². The maximum absolute atomic E-state index is 11.5. The van der Waals surface area contributed by atoms with Gasteiger partial charge in [0.25, 0.3) is 0 Å². The van der Waals surface area contributed by atoms with Gasteiger partial charge in [-0.2, -0.15) is 10.2 Å². The van der Waals surface area contributed by atoms with Gasteiger partial charge in [-0.25, -0.2) is 4.79 Å². The average molecular weight is 287 g/mol. The molecule has 3 heterocycles. The first-order chi connectivity index (χ1) is 10.3. The van der Waals surface area contributed by atoms with Crippen LogP contribution < -0.4 is 5.32 Å². The number of aromatic carboxylic acids is 1. The molecule has 2 aromatic heterocycles. The highest BCUT2D eigenvalue weighted by molar-refractivity contribution is 5.90. The van der Waals surface area contributed by atoms with E-state index in [1.807, 2.05) is 4.68 Å². The number of hydrogen-bond donors (Lipinski definition) is 3. The standard InChI is InChI=1S/C14H17N5O2/c20-14(21)12-9-1-2-11-10(7-16-17-11)13(9)19(18-12)8-3-5-15-6-4-8/h7-8,15H,1-6H2,(H,16,17)(H,20,21). The monoisotopic (exact) mass is 287 g/mol. The number of nitrogens with zero attached hydrogens (tertiary/aromatic N) is 3. The zero-order valence-corrected chi connectivity index (χ0v) is 11.6. The van der Waals surface area contributed by atoms with Gasteiger partial charge in [-0.15, -0.1) is 0 Å². The minimum absolute atomic E-state index is 0.204. The first-order valence-electron chi connectivity index (χ1n) is 7.33. The summed E-state index contributed by atoms with van der Waals surface area (Å²) in [5, 5.41) is 24.3. The molecule has 7 heteroatoms. The van der Waals surface area contributed by atoms with Crippen LogP contribution in [0.3, 0.4) is 0 Å². The number of carboxylic acid groups (broad SMARTS) is 1. The number of aromatic amines is 1. The van der Waals surface area contributed by atoms with E-state index in [0.29, 0.717) is 6.42 Å². The summed E-state index contributed by atoms with van der Waals surface area (Å²) in [4.78, 5) is 11.5. The van der Waals surface area contributed by atoms with Crippen molar-refractivity contribution >= 4 is 5.97 Å². The fourth-order valence-electron chi connectivity index (χ4n) is 3.44. The van der Waals surface area contributed by atoms with E-state index in [9.17, 15) is 9.90 Å². The second kappa shape index (κ2) is 4.70. The van der Waals surface area contributed by atoms with E-state index < -0.39 is 5.97 Å². The van der Waals surface area contributed by atoms with Crippen molar-refractivity contribution in [1.29, 1.82) is 0 Å². The molecule has 2 aliphatic rings. The quantitative estimate of drug-likeness (QED) is 0.765. The highest BCUT2D eigenvalue weighted by atomic mass is 16.4. The summed E-state index contributed by atoms with van der Waals surface area (Å²) >= 11 is 0. The van der Waals surface area contributed by atoms with E-state index in [0.717, 1.165) is 54.9 Å². The van der Waals surface area contributed by atoms with Crippen molar-refractivity contribution in [1.82, 2.24) is 25.3 Å². The van der Waals surface area contributed by atoms with Gasteiger partial charge < -0.3 is 10.4 Å². The lowest BCUT2D eigenvalue weighted by atomic mass is 9.93. The predicted octanol–water partition coefficient (Wildman–Crippen LogP) is 0.994. The third-order valence-corrected chi connectivity index (χ3v) is 4.46. The van der Waals surface area contributed by atoms with E-state index in [1.54, 1.807) is 6.20 Å². The third-order valence-electron chi connectivity index (χ3n) is 4.46. The van der Waals surface area contributed by atoms with Crippen molar-refractivity contribution in [2.45, 2.75) is 31.7 Å². The maximum atomic E-state index is 11.5. The molecule has 1 fully saturated rings. The fourth-order valence-corrected chi connectivity index (χ4v) is 3.44. The van der Waals surface area contributed by atoms with Gasteiger partial charge in [-0.05, 0) is 38.8 Å². The molecule has 21 heavy (non-hydrogen) atoms. The Balaban J connectivity index is 1.89. The van der Waals surface area contributed by atoms with Crippen LogP contribution in [0.25, 0.3) is 11.3 Å². The molecule has 0 aromatic carbocycles. The zero-order chi connectivity index (χ0) is 14.4. The molecule has 2 aromatic rings. The van der Waals surface area contributed by atoms with Gasteiger partial charge in [-0.1, -0.05) is 0 Å². The first-order valence-corrected chi connectivity index (χ1v) is 7.33. The van der Waals surface area contributed by atoms with Crippen LogP contribution in [0, 0.1) is 0 Å². The summed E-state index contributed by atoms with van der Waals surface area (Å²) in [7, 11) is 0. The van der Waals surface area contributed by atoms with Crippen molar-refractivity contribution in [3.63, 3.8) is 0 Å². The van der Waals surface area contributed by atoms with Crippen LogP contribution in [0.4, 0.5) is 0 Å². The molecule has 7 nitrogen and oxygen atoms in total. The van der Waals surface area contributed by atoms with Gasteiger partial charge >= 0.3 is 5.97 Å². The number of hydrogen-bond acceptors (Lipinski definition) is 4. The predicted molar refractivity (Wildman–Crippen MR) is 75.3 cm³/mol. The molecule has 0 unspecified atom stereocenters. The van der Waals surface area contributed by atoms with Crippen LogP contribution in [0.5, 0.6) is 0 Å². The molecule has 0 bridgehead atoms. The van der Waals surface area contributed by atoms with Crippen LogP contribution in [-0.2, 0) is 12.8 Å². The topological polar surface area (TPSA) is 95.8 Å². The maximum Gasteiger partial charge on any atom is 0.356 e. The second-order valence-electron chi connectivity index (χ2n) is 5.67. The molecule has 0 atom stereocenters. The molecule has 1 saturated heterocycles. The number of nitrogens with one attached hydrogen (secondary N) is 2. The highest BCUT2D eigenvalue weighted by Gasteiger charge is 2.31. The Hall–Kier alpha value is -2.15.